The molecule has 0 aromatic rings. The number of rotatable bonds is 9. The van der Waals surface area contributed by atoms with Crippen LogP contribution in [0.25, 0.3) is 0 Å². The van der Waals surface area contributed by atoms with Crippen LogP contribution >= 0.6 is 7.14 Å². The molecule has 0 saturated heterocycles. The van der Waals surface area contributed by atoms with Gasteiger partial charge in [0.05, 0.1) is 7.14 Å². The summed E-state index contributed by atoms with van der Waals surface area (Å²) < 4.78 is 12.8. The summed E-state index contributed by atoms with van der Waals surface area (Å²) in [6.45, 7) is 11.1. The summed E-state index contributed by atoms with van der Waals surface area (Å²) in [4.78, 5) is 0. The van der Waals surface area contributed by atoms with E-state index in [1.165, 1.54) is 19.3 Å². The summed E-state index contributed by atoms with van der Waals surface area (Å²) in [5.74, 6) is 1.27. The van der Waals surface area contributed by atoms with Gasteiger partial charge < -0.3 is 4.57 Å². The van der Waals surface area contributed by atoms with Crippen molar-refractivity contribution in [1.29, 1.82) is 0 Å². The number of hydrogen-bond acceptors (Lipinski definition) is 1. The molecule has 0 aromatic heterocycles. The Kier molecular flexibility index (Phi) is 8.46. The monoisotopic (exact) mass is 246 g/mol. The Morgan fingerprint density at radius 1 is 0.938 bits per heavy atom. The third-order valence-electron chi connectivity index (χ3n) is 2.98. The molecule has 0 unspecified atom stereocenters. The van der Waals surface area contributed by atoms with Crippen molar-refractivity contribution >= 4 is 7.14 Å². The first-order valence-electron chi connectivity index (χ1n) is 6.96. The quantitative estimate of drug-likeness (QED) is 0.401. The van der Waals surface area contributed by atoms with Crippen molar-refractivity contribution in [1.82, 2.24) is 0 Å². The summed E-state index contributed by atoms with van der Waals surface area (Å²) >= 11 is 0. The molecule has 1 nitrogen and oxygen atoms in total. The molecule has 1 atom stereocenters. The molecule has 0 amide bonds. The van der Waals surface area contributed by atoms with Crippen molar-refractivity contribution in [2.24, 2.45) is 11.8 Å². The van der Waals surface area contributed by atoms with Gasteiger partial charge in [-0.25, -0.2) is 0 Å². The molecule has 0 aromatic carbocycles. The Bertz CT molecular complexity index is 209. The van der Waals surface area contributed by atoms with E-state index in [0.717, 1.165) is 24.9 Å². The van der Waals surface area contributed by atoms with Crippen LogP contribution in [0, 0.1) is 11.8 Å². The molecule has 0 heterocycles. The first-order chi connectivity index (χ1) is 7.39. The van der Waals surface area contributed by atoms with E-state index in [0.29, 0.717) is 11.8 Å². The maximum atomic E-state index is 12.8. The maximum Gasteiger partial charge on any atom is 0.0880 e. The molecule has 0 rings (SSSR count). The highest BCUT2D eigenvalue weighted by Gasteiger charge is 2.22. The van der Waals surface area contributed by atoms with Crippen molar-refractivity contribution in [3.05, 3.63) is 0 Å². The molecule has 0 fully saturated rings. The SMILES string of the molecule is CCCCC[P@](=O)(CCC(C)C)CC(C)C. The molecule has 0 saturated carbocycles. The van der Waals surface area contributed by atoms with Gasteiger partial charge in [-0.15, -0.1) is 0 Å². The molecule has 0 N–H and O–H groups in total. The normalized spacial score (nSPS) is 15.7. The van der Waals surface area contributed by atoms with Gasteiger partial charge in [-0.3, -0.25) is 0 Å². The molecular weight excluding hydrogens is 215 g/mol. The maximum absolute atomic E-state index is 12.8. The Balaban J connectivity index is 4.19. The molecule has 0 spiro atoms. The zero-order chi connectivity index (χ0) is 12.6. The van der Waals surface area contributed by atoms with Crippen LogP contribution in [0.4, 0.5) is 0 Å². The zero-order valence-corrected chi connectivity index (χ0v) is 12.9. The average molecular weight is 246 g/mol. The second-order valence-corrected chi connectivity index (χ2v) is 9.35. The van der Waals surface area contributed by atoms with E-state index in [2.05, 4.69) is 34.6 Å². The Morgan fingerprint density at radius 3 is 2.00 bits per heavy atom. The lowest BCUT2D eigenvalue weighted by Gasteiger charge is -2.21. The van der Waals surface area contributed by atoms with Crippen molar-refractivity contribution in [2.45, 2.75) is 60.3 Å². The van der Waals surface area contributed by atoms with Gasteiger partial charge in [0.2, 0.25) is 0 Å². The predicted octanol–water partition coefficient (Wildman–Crippen LogP) is 5.24. The van der Waals surface area contributed by atoms with E-state index in [1.807, 2.05) is 0 Å². The summed E-state index contributed by atoms with van der Waals surface area (Å²) in [7, 11) is -1.86. The fraction of sp³-hybridized carbons (Fsp3) is 1.00. The smallest absolute Gasteiger partial charge is 0.0880 e. The van der Waals surface area contributed by atoms with Crippen LogP contribution < -0.4 is 0 Å². The van der Waals surface area contributed by atoms with E-state index in [-0.39, 0.29) is 0 Å². The molecular formula is C14H31OP. The number of unbranched alkanes of at least 4 members (excludes halogenated alkanes) is 2. The van der Waals surface area contributed by atoms with Crippen LogP contribution in [0.5, 0.6) is 0 Å². The summed E-state index contributed by atoms with van der Waals surface area (Å²) in [6, 6.07) is 0. The number of hydrogen-bond donors (Lipinski definition) is 0. The van der Waals surface area contributed by atoms with Crippen LogP contribution in [-0.4, -0.2) is 18.5 Å². The van der Waals surface area contributed by atoms with Crippen LogP contribution in [0.2, 0.25) is 0 Å². The van der Waals surface area contributed by atoms with E-state index in [1.54, 1.807) is 0 Å². The van der Waals surface area contributed by atoms with Gasteiger partial charge in [0.15, 0.2) is 0 Å². The van der Waals surface area contributed by atoms with E-state index in [9.17, 15) is 4.57 Å². The van der Waals surface area contributed by atoms with Gasteiger partial charge in [0, 0.05) is 18.5 Å². The lowest BCUT2D eigenvalue weighted by Crippen LogP contribution is -2.07. The van der Waals surface area contributed by atoms with E-state index < -0.39 is 7.14 Å². The minimum Gasteiger partial charge on any atom is -0.324 e. The minimum absolute atomic E-state index is 0.583. The molecule has 0 aliphatic carbocycles. The highest BCUT2D eigenvalue weighted by Crippen LogP contribution is 2.49. The van der Waals surface area contributed by atoms with Crippen LogP contribution in [0.15, 0.2) is 0 Å². The third kappa shape index (κ3) is 8.39. The predicted molar refractivity (Wildman–Crippen MR) is 76.0 cm³/mol. The van der Waals surface area contributed by atoms with Gasteiger partial charge in [-0.2, -0.15) is 0 Å². The molecule has 16 heavy (non-hydrogen) atoms. The first kappa shape index (κ1) is 16.2. The summed E-state index contributed by atoms with van der Waals surface area (Å²) in [5, 5.41) is 0. The molecule has 2 heteroatoms. The Hall–Kier alpha value is 0.230. The highest BCUT2D eigenvalue weighted by molar-refractivity contribution is 7.63. The fourth-order valence-corrected chi connectivity index (χ4v) is 5.81. The summed E-state index contributed by atoms with van der Waals surface area (Å²) in [6.07, 6.45) is 7.70. The summed E-state index contributed by atoms with van der Waals surface area (Å²) in [5.41, 5.74) is 0. The zero-order valence-electron chi connectivity index (χ0n) is 12.0. The molecule has 98 valence electrons. The average Bonchev–Trinajstić information content (AvgIpc) is 2.14. The molecule has 0 aliphatic heterocycles. The largest absolute Gasteiger partial charge is 0.324 e. The Morgan fingerprint density at radius 2 is 1.56 bits per heavy atom. The van der Waals surface area contributed by atoms with E-state index in [4.69, 9.17) is 0 Å². The highest BCUT2D eigenvalue weighted by atomic mass is 31.2. The standard InChI is InChI=1S/C14H31OP/c1-6-7-8-10-16(15,12-14(4)5)11-9-13(2)3/h13-14H,6-12H2,1-5H3/t16-/m0/s1. The molecule has 0 bridgehead atoms. The van der Waals surface area contributed by atoms with Gasteiger partial charge in [0.25, 0.3) is 0 Å². The van der Waals surface area contributed by atoms with Gasteiger partial charge in [0.1, 0.15) is 0 Å². The van der Waals surface area contributed by atoms with Crippen LogP contribution in [-0.2, 0) is 4.57 Å². The molecule has 0 aliphatic rings. The second-order valence-electron chi connectivity index (χ2n) is 5.97. The first-order valence-corrected chi connectivity index (χ1v) is 9.23. The van der Waals surface area contributed by atoms with E-state index >= 15 is 0 Å². The third-order valence-corrected chi connectivity index (χ3v) is 6.58. The Labute approximate surface area is 103 Å². The second kappa shape index (κ2) is 8.34. The lowest BCUT2D eigenvalue weighted by molar-refractivity contribution is 0.549. The van der Waals surface area contributed by atoms with Crippen molar-refractivity contribution in [2.75, 3.05) is 18.5 Å². The minimum atomic E-state index is -1.86. The van der Waals surface area contributed by atoms with Crippen molar-refractivity contribution < 1.29 is 4.57 Å². The fourth-order valence-electron chi connectivity index (χ4n) is 2.10. The lowest BCUT2D eigenvalue weighted by atomic mass is 10.2. The van der Waals surface area contributed by atoms with Crippen LogP contribution in [0.3, 0.4) is 0 Å². The topological polar surface area (TPSA) is 17.1 Å². The van der Waals surface area contributed by atoms with Gasteiger partial charge in [-0.1, -0.05) is 47.5 Å². The molecule has 0 radical (unpaired) electrons. The van der Waals surface area contributed by atoms with Crippen LogP contribution in [0.1, 0.15) is 60.3 Å². The van der Waals surface area contributed by atoms with Gasteiger partial charge in [-0.05, 0) is 24.7 Å². The van der Waals surface area contributed by atoms with Crippen molar-refractivity contribution in [3.8, 4) is 0 Å². The van der Waals surface area contributed by atoms with Gasteiger partial charge >= 0.3 is 0 Å². The van der Waals surface area contributed by atoms with Crippen molar-refractivity contribution in [3.63, 3.8) is 0 Å².